The smallest absolute Gasteiger partial charge is 0.0839 e. The Hall–Kier alpha value is -0.860. The average Bonchev–Trinajstić information content (AvgIpc) is 2.14. The largest absolute Gasteiger partial charge is 0.388 e. The zero-order chi connectivity index (χ0) is 9.31. The third kappa shape index (κ3) is 1.47. The minimum atomic E-state index is -0.638. The molecule has 1 aromatic rings. The van der Waals surface area contributed by atoms with Crippen molar-refractivity contribution in [3.05, 3.63) is 35.9 Å². The third-order valence-electron chi connectivity index (χ3n) is 2.96. The SMILES string of the molecule is N[C@H](c1ccccc1)C1(O)CCC1. The van der Waals surface area contributed by atoms with Crippen LogP contribution in [0, 0.1) is 0 Å². The monoisotopic (exact) mass is 177 g/mol. The molecule has 1 saturated carbocycles. The van der Waals surface area contributed by atoms with Crippen molar-refractivity contribution in [2.24, 2.45) is 5.73 Å². The standard InChI is InChI=1S/C11H15NO/c12-10(11(13)7-4-8-11)9-5-2-1-3-6-9/h1-3,5-6,10,13H,4,7-8,12H2/t10-/m1/s1. The van der Waals surface area contributed by atoms with E-state index in [1.807, 2.05) is 30.3 Å². The van der Waals surface area contributed by atoms with Gasteiger partial charge in [-0.25, -0.2) is 0 Å². The second-order valence-corrected chi connectivity index (χ2v) is 3.85. The minimum Gasteiger partial charge on any atom is -0.388 e. The van der Waals surface area contributed by atoms with Crippen molar-refractivity contribution < 1.29 is 5.11 Å². The maximum absolute atomic E-state index is 10.0. The Morgan fingerprint density at radius 2 is 1.85 bits per heavy atom. The summed E-state index contributed by atoms with van der Waals surface area (Å²) in [4.78, 5) is 0. The molecule has 0 bridgehead atoms. The van der Waals surface area contributed by atoms with Crippen LogP contribution in [0.2, 0.25) is 0 Å². The molecule has 3 N–H and O–H groups in total. The second kappa shape index (κ2) is 3.13. The molecule has 1 aromatic carbocycles. The molecular formula is C11H15NO. The summed E-state index contributed by atoms with van der Waals surface area (Å²) in [7, 11) is 0. The predicted octanol–water partition coefficient (Wildman–Crippen LogP) is 1.60. The number of hydrogen-bond donors (Lipinski definition) is 2. The van der Waals surface area contributed by atoms with Gasteiger partial charge in [-0.15, -0.1) is 0 Å². The lowest BCUT2D eigenvalue weighted by molar-refractivity contribution is -0.0559. The van der Waals surface area contributed by atoms with E-state index in [2.05, 4.69) is 0 Å². The Kier molecular flexibility index (Phi) is 2.10. The summed E-state index contributed by atoms with van der Waals surface area (Å²) in [5.41, 5.74) is 6.38. The van der Waals surface area contributed by atoms with Crippen LogP contribution in [0.3, 0.4) is 0 Å². The number of benzene rings is 1. The van der Waals surface area contributed by atoms with Gasteiger partial charge in [0.05, 0.1) is 11.6 Å². The summed E-state index contributed by atoms with van der Waals surface area (Å²) >= 11 is 0. The summed E-state index contributed by atoms with van der Waals surface area (Å²) in [5, 5.41) is 10.0. The van der Waals surface area contributed by atoms with Gasteiger partial charge in [-0.2, -0.15) is 0 Å². The molecule has 1 aliphatic rings. The van der Waals surface area contributed by atoms with E-state index in [1.165, 1.54) is 0 Å². The molecule has 0 spiro atoms. The van der Waals surface area contributed by atoms with Crippen molar-refractivity contribution in [1.29, 1.82) is 0 Å². The summed E-state index contributed by atoms with van der Waals surface area (Å²) in [6.07, 6.45) is 2.77. The molecule has 2 rings (SSSR count). The Morgan fingerprint density at radius 1 is 1.23 bits per heavy atom. The highest BCUT2D eigenvalue weighted by Gasteiger charge is 2.40. The first-order valence-corrected chi connectivity index (χ1v) is 4.75. The fraction of sp³-hybridized carbons (Fsp3) is 0.455. The van der Waals surface area contributed by atoms with Crippen LogP contribution in [0.5, 0.6) is 0 Å². The van der Waals surface area contributed by atoms with Crippen LogP contribution in [0.15, 0.2) is 30.3 Å². The maximum atomic E-state index is 10.0. The summed E-state index contributed by atoms with van der Waals surface area (Å²) in [6.45, 7) is 0. The van der Waals surface area contributed by atoms with Crippen LogP contribution in [0.4, 0.5) is 0 Å². The molecule has 0 heterocycles. The van der Waals surface area contributed by atoms with Crippen molar-refractivity contribution in [2.45, 2.75) is 30.9 Å². The molecule has 0 aliphatic heterocycles. The molecule has 0 radical (unpaired) electrons. The first kappa shape index (κ1) is 8.73. The molecule has 13 heavy (non-hydrogen) atoms. The van der Waals surface area contributed by atoms with Crippen LogP contribution >= 0.6 is 0 Å². The first-order chi connectivity index (χ1) is 6.22. The van der Waals surface area contributed by atoms with Gasteiger partial charge < -0.3 is 10.8 Å². The van der Waals surface area contributed by atoms with Crippen LogP contribution in [0.25, 0.3) is 0 Å². The molecule has 0 unspecified atom stereocenters. The quantitative estimate of drug-likeness (QED) is 0.720. The lowest BCUT2D eigenvalue weighted by atomic mass is 9.73. The topological polar surface area (TPSA) is 46.2 Å². The Bertz CT molecular complexity index is 279. The van der Waals surface area contributed by atoms with E-state index in [0.29, 0.717) is 0 Å². The Labute approximate surface area is 78.4 Å². The van der Waals surface area contributed by atoms with Gasteiger partial charge in [-0.3, -0.25) is 0 Å². The molecule has 1 aliphatic carbocycles. The van der Waals surface area contributed by atoms with Crippen molar-refractivity contribution in [3.8, 4) is 0 Å². The molecule has 70 valence electrons. The van der Waals surface area contributed by atoms with Gasteiger partial charge >= 0.3 is 0 Å². The van der Waals surface area contributed by atoms with Crippen molar-refractivity contribution in [3.63, 3.8) is 0 Å². The molecule has 2 heteroatoms. The van der Waals surface area contributed by atoms with Crippen LogP contribution in [-0.4, -0.2) is 10.7 Å². The van der Waals surface area contributed by atoms with Crippen molar-refractivity contribution >= 4 is 0 Å². The highest BCUT2D eigenvalue weighted by molar-refractivity contribution is 5.22. The number of nitrogens with two attached hydrogens (primary N) is 1. The van der Waals surface area contributed by atoms with E-state index in [9.17, 15) is 5.11 Å². The van der Waals surface area contributed by atoms with Crippen LogP contribution in [0.1, 0.15) is 30.9 Å². The normalized spacial score (nSPS) is 22.0. The van der Waals surface area contributed by atoms with Crippen molar-refractivity contribution in [1.82, 2.24) is 0 Å². The third-order valence-corrected chi connectivity index (χ3v) is 2.96. The average molecular weight is 177 g/mol. The molecule has 1 fully saturated rings. The highest BCUT2D eigenvalue weighted by atomic mass is 16.3. The Balaban J connectivity index is 2.17. The number of hydrogen-bond acceptors (Lipinski definition) is 2. The van der Waals surface area contributed by atoms with Crippen LogP contribution < -0.4 is 5.73 Å². The number of rotatable bonds is 2. The van der Waals surface area contributed by atoms with Gasteiger partial charge in [-0.1, -0.05) is 30.3 Å². The fourth-order valence-electron chi connectivity index (χ4n) is 1.82. The fourth-order valence-corrected chi connectivity index (χ4v) is 1.82. The van der Waals surface area contributed by atoms with E-state index in [-0.39, 0.29) is 6.04 Å². The van der Waals surface area contributed by atoms with E-state index in [4.69, 9.17) is 5.73 Å². The number of aliphatic hydroxyl groups is 1. The molecule has 2 nitrogen and oxygen atoms in total. The van der Waals surface area contributed by atoms with Gasteiger partial charge in [0.25, 0.3) is 0 Å². The van der Waals surface area contributed by atoms with Gasteiger partial charge in [-0.05, 0) is 24.8 Å². The van der Waals surface area contributed by atoms with Crippen molar-refractivity contribution in [2.75, 3.05) is 0 Å². The van der Waals surface area contributed by atoms with E-state index in [1.54, 1.807) is 0 Å². The summed E-state index contributed by atoms with van der Waals surface area (Å²) < 4.78 is 0. The maximum Gasteiger partial charge on any atom is 0.0839 e. The molecule has 0 aromatic heterocycles. The summed E-state index contributed by atoms with van der Waals surface area (Å²) in [5.74, 6) is 0. The van der Waals surface area contributed by atoms with Gasteiger partial charge in [0.1, 0.15) is 0 Å². The van der Waals surface area contributed by atoms with Crippen LogP contribution in [-0.2, 0) is 0 Å². The predicted molar refractivity (Wildman–Crippen MR) is 52.2 cm³/mol. The second-order valence-electron chi connectivity index (χ2n) is 3.85. The zero-order valence-electron chi connectivity index (χ0n) is 7.61. The first-order valence-electron chi connectivity index (χ1n) is 4.75. The lowest BCUT2D eigenvalue weighted by Gasteiger charge is -2.41. The summed E-state index contributed by atoms with van der Waals surface area (Å²) in [6, 6.07) is 9.60. The van der Waals surface area contributed by atoms with E-state index < -0.39 is 5.60 Å². The van der Waals surface area contributed by atoms with Gasteiger partial charge in [0.15, 0.2) is 0 Å². The molecule has 0 amide bonds. The lowest BCUT2D eigenvalue weighted by Crippen LogP contribution is -2.46. The van der Waals surface area contributed by atoms with E-state index in [0.717, 1.165) is 24.8 Å². The van der Waals surface area contributed by atoms with Gasteiger partial charge in [0.2, 0.25) is 0 Å². The minimum absolute atomic E-state index is 0.220. The zero-order valence-corrected chi connectivity index (χ0v) is 7.61. The Morgan fingerprint density at radius 3 is 2.31 bits per heavy atom. The molecule has 1 atom stereocenters. The molecule has 0 saturated heterocycles. The highest BCUT2D eigenvalue weighted by Crippen LogP contribution is 2.40. The van der Waals surface area contributed by atoms with E-state index >= 15 is 0 Å². The van der Waals surface area contributed by atoms with Gasteiger partial charge in [0, 0.05) is 0 Å². The molecular weight excluding hydrogens is 162 g/mol.